The molecule has 1 aliphatic heterocycles. The summed E-state index contributed by atoms with van der Waals surface area (Å²) in [6.45, 7) is 2.00. The van der Waals surface area contributed by atoms with Crippen molar-refractivity contribution < 1.29 is 24.2 Å². The molecule has 1 amide bonds. The molecule has 0 fully saturated rings. The van der Waals surface area contributed by atoms with Gasteiger partial charge in [-0.1, -0.05) is 29.8 Å². The second-order valence-corrected chi connectivity index (χ2v) is 6.88. The van der Waals surface area contributed by atoms with Crippen LogP contribution in [0.3, 0.4) is 0 Å². The first-order valence-corrected chi connectivity index (χ1v) is 9.33. The summed E-state index contributed by atoms with van der Waals surface area (Å²) in [4.78, 5) is 23.7. The molecule has 0 aliphatic carbocycles. The van der Waals surface area contributed by atoms with Crippen LogP contribution in [0.2, 0.25) is 0 Å². The van der Waals surface area contributed by atoms with E-state index in [4.69, 9.17) is 14.6 Å². The van der Waals surface area contributed by atoms with Gasteiger partial charge in [-0.25, -0.2) is 5.01 Å². The van der Waals surface area contributed by atoms with Crippen LogP contribution in [0.5, 0.6) is 11.5 Å². The summed E-state index contributed by atoms with van der Waals surface area (Å²) in [7, 11) is 3.16. The third-order valence-corrected chi connectivity index (χ3v) is 4.90. The maximum atomic E-state index is 12.8. The molecule has 0 bridgehead atoms. The minimum absolute atomic E-state index is 0.107. The second kappa shape index (κ2) is 8.77. The molecule has 0 radical (unpaired) electrons. The first-order valence-electron chi connectivity index (χ1n) is 9.33. The lowest BCUT2D eigenvalue weighted by Crippen LogP contribution is -2.27. The predicted octanol–water partition coefficient (Wildman–Crippen LogP) is 3.55. The highest BCUT2D eigenvalue weighted by Gasteiger charge is 2.34. The maximum Gasteiger partial charge on any atom is 0.303 e. The van der Waals surface area contributed by atoms with Crippen molar-refractivity contribution in [2.24, 2.45) is 5.10 Å². The van der Waals surface area contributed by atoms with Crippen molar-refractivity contribution in [3.05, 3.63) is 59.2 Å². The Labute approximate surface area is 169 Å². The molecule has 0 saturated carbocycles. The number of nitrogens with zero attached hydrogens (tertiary/aromatic N) is 2. The van der Waals surface area contributed by atoms with E-state index in [1.807, 2.05) is 37.3 Å². The standard InChI is InChI=1S/C22H24N2O5/c1-14-4-6-15(7-5-14)19-13-18(23-24(19)21(25)10-11-22(26)27)17-12-16(28-2)8-9-20(17)29-3/h4-9,12,19H,10-11,13H2,1-3H3,(H,26,27). The molecule has 0 spiro atoms. The van der Waals surface area contributed by atoms with E-state index in [-0.39, 0.29) is 24.8 Å². The predicted molar refractivity (Wildman–Crippen MR) is 108 cm³/mol. The zero-order valence-corrected chi connectivity index (χ0v) is 16.7. The van der Waals surface area contributed by atoms with Crippen LogP contribution < -0.4 is 9.47 Å². The number of hydrogen-bond acceptors (Lipinski definition) is 5. The Morgan fingerprint density at radius 2 is 1.83 bits per heavy atom. The molecule has 3 rings (SSSR count). The van der Waals surface area contributed by atoms with Crippen molar-refractivity contribution in [1.82, 2.24) is 5.01 Å². The SMILES string of the molecule is COc1ccc(OC)c(C2=NN(C(=O)CCC(=O)O)C(c3ccc(C)cc3)C2)c1. The first-order chi connectivity index (χ1) is 13.9. The fraction of sp³-hybridized carbons (Fsp3) is 0.318. The maximum absolute atomic E-state index is 12.8. The Bertz CT molecular complexity index is 937. The molecule has 1 N–H and O–H groups in total. The highest BCUT2D eigenvalue weighted by atomic mass is 16.5. The lowest BCUT2D eigenvalue weighted by Gasteiger charge is -2.22. The molecule has 0 saturated heterocycles. The average molecular weight is 396 g/mol. The number of rotatable bonds is 7. The van der Waals surface area contributed by atoms with Crippen LogP contribution >= 0.6 is 0 Å². The van der Waals surface area contributed by atoms with E-state index in [9.17, 15) is 9.59 Å². The monoisotopic (exact) mass is 396 g/mol. The second-order valence-electron chi connectivity index (χ2n) is 6.88. The Morgan fingerprint density at radius 3 is 2.45 bits per heavy atom. The molecular weight excluding hydrogens is 372 g/mol. The van der Waals surface area contributed by atoms with Gasteiger partial charge in [-0.2, -0.15) is 5.10 Å². The van der Waals surface area contributed by atoms with Crippen molar-refractivity contribution >= 4 is 17.6 Å². The van der Waals surface area contributed by atoms with Gasteiger partial charge in [0.05, 0.1) is 32.4 Å². The number of ether oxygens (including phenoxy) is 2. The number of carboxylic acid groups (broad SMARTS) is 1. The summed E-state index contributed by atoms with van der Waals surface area (Å²) >= 11 is 0. The number of carbonyl (C=O) groups is 2. The van der Waals surface area contributed by atoms with Crippen molar-refractivity contribution in [2.75, 3.05) is 14.2 Å². The Kier molecular flexibility index (Phi) is 6.16. The van der Waals surface area contributed by atoms with Gasteiger partial charge in [-0.05, 0) is 30.7 Å². The van der Waals surface area contributed by atoms with E-state index in [2.05, 4.69) is 5.10 Å². The number of amides is 1. The minimum atomic E-state index is -1.01. The number of hydrazone groups is 1. The van der Waals surface area contributed by atoms with Crippen LogP contribution in [0.1, 0.15) is 42.0 Å². The summed E-state index contributed by atoms with van der Waals surface area (Å²) in [5.41, 5.74) is 3.50. The van der Waals surface area contributed by atoms with E-state index >= 15 is 0 Å². The number of hydrogen-bond donors (Lipinski definition) is 1. The van der Waals surface area contributed by atoms with Crippen molar-refractivity contribution in [3.63, 3.8) is 0 Å². The van der Waals surface area contributed by atoms with Gasteiger partial charge in [-0.15, -0.1) is 0 Å². The number of carbonyl (C=O) groups excluding carboxylic acids is 1. The van der Waals surface area contributed by atoms with Crippen LogP contribution in [0, 0.1) is 6.92 Å². The Balaban J connectivity index is 1.98. The molecule has 1 atom stereocenters. The van der Waals surface area contributed by atoms with Gasteiger partial charge in [0.15, 0.2) is 0 Å². The minimum Gasteiger partial charge on any atom is -0.497 e. The van der Waals surface area contributed by atoms with Crippen molar-refractivity contribution in [2.45, 2.75) is 32.2 Å². The van der Waals surface area contributed by atoms with Gasteiger partial charge in [0, 0.05) is 18.4 Å². The van der Waals surface area contributed by atoms with Crippen molar-refractivity contribution in [3.8, 4) is 11.5 Å². The molecule has 7 nitrogen and oxygen atoms in total. The Morgan fingerprint density at radius 1 is 1.10 bits per heavy atom. The largest absolute Gasteiger partial charge is 0.497 e. The summed E-state index contributed by atoms with van der Waals surface area (Å²) in [5.74, 6) is -0.0454. The van der Waals surface area contributed by atoms with E-state index in [1.165, 1.54) is 5.01 Å². The van der Waals surface area contributed by atoms with Crippen LogP contribution in [-0.4, -0.2) is 41.9 Å². The van der Waals surface area contributed by atoms with Gasteiger partial charge in [0.1, 0.15) is 11.5 Å². The summed E-state index contributed by atoms with van der Waals surface area (Å²) in [6.07, 6.45) is 0.151. The first kappa shape index (κ1) is 20.4. The van der Waals surface area contributed by atoms with Gasteiger partial charge >= 0.3 is 5.97 Å². The molecule has 7 heteroatoms. The molecule has 2 aromatic carbocycles. The summed E-state index contributed by atoms with van der Waals surface area (Å²) in [6, 6.07) is 13.0. The van der Waals surface area contributed by atoms with Gasteiger partial charge in [0.2, 0.25) is 5.91 Å². The molecule has 1 heterocycles. The molecular formula is C22H24N2O5. The molecule has 152 valence electrons. The number of aryl methyl sites for hydroxylation is 1. The summed E-state index contributed by atoms with van der Waals surface area (Å²) in [5, 5.41) is 14.9. The summed E-state index contributed by atoms with van der Waals surface area (Å²) < 4.78 is 10.8. The van der Waals surface area contributed by atoms with Gasteiger partial charge in [-0.3, -0.25) is 9.59 Å². The van der Waals surface area contributed by atoms with Crippen LogP contribution in [0.25, 0.3) is 0 Å². The molecule has 1 aliphatic rings. The normalized spacial score (nSPS) is 15.8. The zero-order chi connectivity index (χ0) is 21.0. The molecule has 2 aromatic rings. The Hall–Kier alpha value is -3.35. The van der Waals surface area contributed by atoms with Crippen molar-refractivity contribution in [1.29, 1.82) is 0 Å². The number of aliphatic carboxylic acids is 1. The zero-order valence-electron chi connectivity index (χ0n) is 16.7. The number of benzene rings is 2. The van der Waals surface area contributed by atoms with Crippen LogP contribution in [-0.2, 0) is 9.59 Å². The lowest BCUT2D eigenvalue weighted by molar-refractivity contribution is -0.141. The highest BCUT2D eigenvalue weighted by molar-refractivity contribution is 6.05. The van der Waals surface area contributed by atoms with E-state index in [1.54, 1.807) is 26.4 Å². The highest BCUT2D eigenvalue weighted by Crippen LogP contribution is 2.36. The molecule has 1 unspecified atom stereocenters. The smallest absolute Gasteiger partial charge is 0.303 e. The number of methoxy groups -OCH3 is 2. The van der Waals surface area contributed by atoms with Gasteiger partial charge in [0.25, 0.3) is 0 Å². The lowest BCUT2D eigenvalue weighted by atomic mass is 9.97. The third kappa shape index (κ3) is 4.56. The fourth-order valence-corrected chi connectivity index (χ4v) is 3.32. The average Bonchev–Trinajstić information content (AvgIpc) is 3.17. The fourth-order valence-electron chi connectivity index (χ4n) is 3.32. The molecule has 29 heavy (non-hydrogen) atoms. The quantitative estimate of drug-likeness (QED) is 0.773. The van der Waals surface area contributed by atoms with Crippen LogP contribution in [0.15, 0.2) is 47.6 Å². The van der Waals surface area contributed by atoms with Crippen LogP contribution in [0.4, 0.5) is 0 Å². The van der Waals surface area contributed by atoms with E-state index in [0.717, 1.165) is 16.7 Å². The van der Waals surface area contributed by atoms with Gasteiger partial charge < -0.3 is 14.6 Å². The molecule has 0 aromatic heterocycles. The third-order valence-electron chi connectivity index (χ3n) is 4.90. The number of carboxylic acids is 1. The topological polar surface area (TPSA) is 88.4 Å². The van der Waals surface area contributed by atoms with E-state index < -0.39 is 5.97 Å². The van der Waals surface area contributed by atoms with E-state index in [0.29, 0.717) is 23.6 Å².